The van der Waals surface area contributed by atoms with Gasteiger partial charge in [-0.25, -0.2) is 0 Å². The molecule has 1 saturated heterocycles. The van der Waals surface area contributed by atoms with E-state index < -0.39 is 0 Å². The number of piperidine rings is 1. The number of hydrogen-bond donors (Lipinski definition) is 0. The van der Waals surface area contributed by atoms with Crippen molar-refractivity contribution in [3.05, 3.63) is 52.8 Å². The first-order valence-corrected chi connectivity index (χ1v) is 14.0. The Morgan fingerprint density at radius 3 is 2.56 bits per heavy atom. The zero-order valence-electron chi connectivity index (χ0n) is 23.2. The average molecular weight is 538 g/mol. The molecular weight excluding hydrogens is 498 g/mol. The van der Waals surface area contributed by atoms with Crippen LogP contribution in [-0.4, -0.2) is 87.5 Å². The molecule has 4 rings (SSSR count). The summed E-state index contributed by atoms with van der Waals surface area (Å²) in [4.78, 5) is 56.8. The van der Waals surface area contributed by atoms with E-state index in [1.54, 1.807) is 32.4 Å². The van der Waals surface area contributed by atoms with Gasteiger partial charge in [-0.1, -0.05) is 29.8 Å². The number of nitrogens with zero attached hydrogens (tertiary/aromatic N) is 5. The van der Waals surface area contributed by atoms with Gasteiger partial charge in [-0.2, -0.15) is 5.10 Å². The summed E-state index contributed by atoms with van der Waals surface area (Å²) in [5.41, 5.74) is 2.85. The number of likely N-dealkylation sites (tertiary alicyclic amines) is 1. The number of aryl methyl sites for hydroxylation is 2. The van der Waals surface area contributed by atoms with Crippen molar-refractivity contribution < 1.29 is 23.9 Å². The van der Waals surface area contributed by atoms with Crippen LogP contribution in [0.1, 0.15) is 71.6 Å². The van der Waals surface area contributed by atoms with E-state index in [4.69, 9.17) is 4.74 Å². The number of hydrogen-bond acceptors (Lipinski definition) is 6. The molecule has 2 aliphatic heterocycles. The van der Waals surface area contributed by atoms with E-state index in [0.717, 1.165) is 18.4 Å². The van der Waals surface area contributed by atoms with Gasteiger partial charge >= 0.3 is 5.97 Å². The maximum absolute atomic E-state index is 13.3. The Morgan fingerprint density at radius 2 is 1.85 bits per heavy atom. The normalized spacial score (nSPS) is 17.4. The van der Waals surface area contributed by atoms with Gasteiger partial charge in [0.05, 0.1) is 12.5 Å². The molecule has 0 saturated carbocycles. The Morgan fingerprint density at radius 1 is 1.08 bits per heavy atom. The van der Waals surface area contributed by atoms with E-state index in [9.17, 15) is 19.2 Å². The van der Waals surface area contributed by atoms with E-state index in [2.05, 4.69) is 5.10 Å². The smallest absolute Gasteiger partial charge is 0.310 e. The summed E-state index contributed by atoms with van der Waals surface area (Å²) < 4.78 is 6.76. The Kier molecular flexibility index (Phi) is 9.37. The topological polar surface area (TPSA) is 105 Å². The highest BCUT2D eigenvalue weighted by Crippen LogP contribution is 2.20. The molecule has 10 heteroatoms. The third-order valence-electron chi connectivity index (χ3n) is 7.46. The first-order chi connectivity index (χ1) is 18.8. The van der Waals surface area contributed by atoms with Crippen LogP contribution in [0.2, 0.25) is 0 Å². The summed E-state index contributed by atoms with van der Waals surface area (Å²) in [6.45, 7) is 9.27. The molecule has 0 N–H and O–H groups in total. The molecule has 1 unspecified atom stereocenters. The lowest BCUT2D eigenvalue weighted by Crippen LogP contribution is -2.44. The lowest BCUT2D eigenvalue weighted by atomic mass is 9.98. The van der Waals surface area contributed by atoms with Crippen LogP contribution >= 0.6 is 0 Å². The van der Waals surface area contributed by atoms with Gasteiger partial charge in [0.15, 0.2) is 5.69 Å². The van der Waals surface area contributed by atoms with E-state index in [-0.39, 0.29) is 48.3 Å². The number of esters is 1. The number of carbonyl (C=O) groups is 4. The zero-order chi connectivity index (χ0) is 27.9. The summed E-state index contributed by atoms with van der Waals surface area (Å²) in [5, 5.41) is 4.48. The van der Waals surface area contributed by atoms with Gasteiger partial charge < -0.3 is 19.4 Å². The van der Waals surface area contributed by atoms with Gasteiger partial charge in [0.25, 0.3) is 11.8 Å². The summed E-state index contributed by atoms with van der Waals surface area (Å²) in [7, 11) is 0. The Balaban J connectivity index is 1.37. The molecule has 0 spiro atoms. The third kappa shape index (κ3) is 6.85. The minimum atomic E-state index is -0.299. The Bertz CT molecular complexity index is 1190. The second-order valence-electron chi connectivity index (χ2n) is 10.3. The van der Waals surface area contributed by atoms with E-state index in [1.807, 2.05) is 38.1 Å². The second kappa shape index (κ2) is 12.9. The summed E-state index contributed by atoms with van der Waals surface area (Å²) >= 11 is 0. The SMILES string of the molecule is CCOC(=O)C1CCCN(C(=O)CCN(CC)C(=O)c2cc3n(n2)CCCN(Cc2ccc(C)cc2)C3=O)C1. The van der Waals surface area contributed by atoms with Crippen molar-refractivity contribution in [1.82, 2.24) is 24.5 Å². The fraction of sp³-hybridized carbons (Fsp3) is 0.552. The van der Waals surface area contributed by atoms with Gasteiger partial charge in [0.2, 0.25) is 5.91 Å². The summed E-state index contributed by atoms with van der Waals surface area (Å²) in [5.74, 6) is -1.08. The first kappa shape index (κ1) is 28.3. The van der Waals surface area contributed by atoms with Crippen LogP contribution in [0.25, 0.3) is 0 Å². The molecule has 1 aromatic heterocycles. The minimum Gasteiger partial charge on any atom is -0.466 e. The van der Waals surface area contributed by atoms with Crippen LogP contribution in [-0.2, 0) is 27.4 Å². The Hall–Kier alpha value is -3.69. The van der Waals surface area contributed by atoms with Gasteiger partial charge in [-0.05, 0) is 45.6 Å². The molecule has 210 valence electrons. The van der Waals surface area contributed by atoms with Gasteiger partial charge in [0, 0.05) is 58.3 Å². The van der Waals surface area contributed by atoms with E-state index in [0.29, 0.717) is 58.0 Å². The largest absolute Gasteiger partial charge is 0.466 e. The molecule has 1 aromatic carbocycles. The Labute approximate surface area is 229 Å². The number of amides is 3. The molecule has 0 bridgehead atoms. The minimum absolute atomic E-state index is 0.0854. The standard InChI is InChI=1S/C29H39N5O5/c1-4-31(17-13-26(35)32-14-6-8-23(20-32)29(38)39-5-2)27(36)24-18-25-28(37)33(15-7-16-34(25)30-24)19-22-11-9-21(3)10-12-22/h9-12,18,23H,4-8,13-17,19-20H2,1-3H3. The molecule has 2 aliphatic rings. The summed E-state index contributed by atoms with van der Waals surface area (Å²) in [6.07, 6.45) is 2.37. The van der Waals surface area contributed by atoms with Crippen molar-refractivity contribution in [2.24, 2.45) is 5.92 Å². The van der Waals surface area contributed by atoms with E-state index in [1.165, 1.54) is 5.56 Å². The van der Waals surface area contributed by atoms with Crippen LogP contribution in [0.5, 0.6) is 0 Å². The molecule has 1 atom stereocenters. The van der Waals surface area contributed by atoms with Crippen LogP contribution in [0.15, 0.2) is 30.3 Å². The van der Waals surface area contributed by atoms with Crippen molar-refractivity contribution in [3.8, 4) is 0 Å². The summed E-state index contributed by atoms with van der Waals surface area (Å²) in [6, 6.07) is 9.71. The van der Waals surface area contributed by atoms with Crippen LogP contribution in [0.4, 0.5) is 0 Å². The van der Waals surface area contributed by atoms with Gasteiger partial charge in [0.1, 0.15) is 5.69 Å². The van der Waals surface area contributed by atoms with Crippen molar-refractivity contribution in [3.63, 3.8) is 0 Å². The van der Waals surface area contributed by atoms with E-state index >= 15 is 0 Å². The van der Waals surface area contributed by atoms with Crippen molar-refractivity contribution in [2.75, 3.05) is 39.3 Å². The molecule has 39 heavy (non-hydrogen) atoms. The molecule has 1 fully saturated rings. The molecule has 3 heterocycles. The number of aromatic nitrogens is 2. The van der Waals surface area contributed by atoms with Gasteiger partial charge in [-0.3, -0.25) is 23.9 Å². The average Bonchev–Trinajstić information content (AvgIpc) is 3.31. The van der Waals surface area contributed by atoms with Crippen LogP contribution in [0.3, 0.4) is 0 Å². The van der Waals surface area contributed by atoms with Crippen molar-refractivity contribution >= 4 is 23.7 Å². The molecule has 0 radical (unpaired) electrons. The lowest BCUT2D eigenvalue weighted by molar-refractivity contribution is -0.151. The number of fused-ring (bicyclic) bond motifs is 1. The predicted molar refractivity (Wildman–Crippen MR) is 145 cm³/mol. The fourth-order valence-corrected chi connectivity index (χ4v) is 5.21. The molecule has 3 amide bonds. The third-order valence-corrected chi connectivity index (χ3v) is 7.46. The zero-order valence-corrected chi connectivity index (χ0v) is 23.2. The lowest BCUT2D eigenvalue weighted by Gasteiger charge is -2.32. The van der Waals surface area contributed by atoms with Crippen molar-refractivity contribution in [1.29, 1.82) is 0 Å². The number of rotatable bonds is 9. The van der Waals surface area contributed by atoms with Gasteiger partial charge in [-0.15, -0.1) is 0 Å². The molecule has 2 aromatic rings. The number of ether oxygens (including phenoxy) is 1. The second-order valence-corrected chi connectivity index (χ2v) is 10.3. The van der Waals surface area contributed by atoms with Crippen LogP contribution < -0.4 is 0 Å². The first-order valence-electron chi connectivity index (χ1n) is 14.0. The maximum atomic E-state index is 13.3. The van der Waals surface area contributed by atoms with Crippen LogP contribution in [0, 0.1) is 12.8 Å². The fourth-order valence-electron chi connectivity index (χ4n) is 5.21. The highest BCUT2D eigenvalue weighted by molar-refractivity contribution is 5.98. The number of benzene rings is 1. The highest BCUT2D eigenvalue weighted by Gasteiger charge is 2.31. The molecule has 0 aliphatic carbocycles. The molecule has 10 nitrogen and oxygen atoms in total. The predicted octanol–water partition coefficient (Wildman–Crippen LogP) is 2.89. The quantitative estimate of drug-likeness (QED) is 0.456. The number of carbonyl (C=O) groups excluding carboxylic acids is 4. The maximum Gasteiger partial charge on any atom is 0.310 e. The van der Waals surface area contributed by atoms with Crippen molar-refractivity contribution in [2.45, 2.75) is 59.5 Å². The highest BCUT2D eigenvalue weighted by atomic mass is 16.5. The molecular formula is C29H39N5O5. The monoisotopic (exact) mass is 537 g/mol.